The van der Waals surface area contributed by atoms with Gasteiger partial charge >= 0.3 is 0 Å². The Morgan fingerprint density at radius 3 is 2.70 bits per heavy atom. The van der Waals surface area contributed by atoms with Crippen molar-refractivity contribution in [1.29, 1.82) is 0 Å². The second-order valence-electron chi connectivity index (χ2n) is 7.18. The lowest BCUT2D eigenvalue weighted by Crippen LogP contribution is -2.36. The molecule has 0 spiro atoms. The van der Waals surface area contributed by atoms with E-state index in [1.807, 2.05) is 13.1 Å². The van der Waals surface area contributed by atoms with Gasteiger partial charge in [-0.1, -0.05) is 42.5 Å². The molecule has 3 heteroatoms. The maximum atomic E-state index is 12.5. The highest BCUT2D eigenvalue weighted by molar-refractivity contribution is 5.85. The van der Waals surface area contributed by atoms with Crippen molar-refractivity contribution in [2.45, 2.75) is 31.3 Å². The number of amides is 1. The van der Waals surface area contributed by atoms with Crippen LogP contribution in [0.4, 0.5) is 0 Å². The Labute approximate surface area is 136 Å². The summed E-state index contributed by atoms with van der Waals surface area (Å²) in [6.07, 6.45) is 2.79. The first-order valence-corrected chi connectivity index (χ1v) is 8.55. The summed E-state index contributed by atoms with van der Waals surface area (Å²) in [5.41, 5.74) is 1.26. The molecule has 0 heterocycles. The number of fused-ring (bicyclic) bond motifs is 1. The SMILES string of the molecule is CN(CC(O)C1CC1)C(=O)C1CC1c1ccc2ccccc2c1. The Morgan fingerprint density at radius 2 is 1.96 bits per heavy atom. The summed E-state index contributed by atoms with van der Waals surface area (Å²) in [4.78, 5) is 14.3. The molecule has 23 heavy (non-hydrogen) atoms. The van der Waals surface area contributed by atoms with Crippen LogP contribution >= 0.6 is 0 Å². The summed E-state index contributed by atoms with van der Waals surface area (Å²) in [6, 6.07) is 14.8. The molecule has 0 aromatic heterocycles. The molecule has 4 rings (SSSR count). The van der Waals surface area contributed by atoms with E-state index in [9.17, 15) is 9.90 Å². The van der Waals surface area contributed by atoms with E-state index in [0.717, 1.165) is 19.3 Å². The Kier molecular flexibility index (Phi) is 3.61. The maximum absolute atomic E-state index is 12.5. The molecule has 2 saturated carbocycles. The molecule has 2 fully saturated rings. The minimum Gasteiger partial charge on any atom is -0.391 e. The highest BCUT2D eigenvalue weighted by atomic mass is 16.3. The van der Waals surface area contributed by atoms with E-state index >= 15 is 0 Å². The van der Waals surface area contributed by atoms with Crippen molar-refractivity contribution in [2.75, 3.05) is 13.6 Å². The number of carbonyl (C=O) groups excluding carboxylic acids is 1. The lowest BCUT2D eigenvalue weighted by atomic mass is 10.0. The quantitative estimate of drug-likeness (QED) is 0.921. The third kappa shape index (κ3) is 2.98. The molecular formula is C20H23NO2. The van der Waals surface area contributed by atoms with Crippen LogP contribution in [0.3, 0.4) is 0 Å². The predicted molar refractivity (Wildman–Crippen MR) is 91.2 cm³/mol. The average Bonchev–Trinajstić information content (AvgIpc) is 3.46. The number of aliphatic hydroxyl groups is 1. The Hall–Kier alpha value is -1.87. The number of rotatable bonds is 5. The van der Waals surface area contributed by atoms with Crippen LogP contribution < -0.4 is 0 Å². The molecule has 2 aliphatic carbocycles. The highest BCUT2D eigenvalue weighted by Crippen LogP contribution is 2.49. The molecule has 3 unspecified atom stereocenters. The van der Waals surface area contributed by atoms with Gasteiger partial charge in [-0.25, -0.2) is 0 Å². The summed E-state index contributed by atoms with van der Waals surface area (Å²) in [7, 11) is 1.82. The van der Waals surface area contributed by atoms with Gasteiger partial charge in [-0.3, -0.25) is 4.79 Å². The van der Waals surface area contributed by atoms with Gasteiger partial charge in [-0.2, -0.15) is 0 Å². The molecule has 3 nitrogen and oxygen atoms in total. The Balaban J connectivity index is 1.42. The number of benzene rings is 2. The lowest BCUT2D eigenvalue weighted by Gasteiger charge is -2.21. The summed E-state index contributed by atoms with van der Waals surface area (Å²) in [5, 5.41) is 12.5. The first-order valence-electron chi connectivity index (χ1n) is 8.55. The second-order valence-corrected chi connectivity index (χ2v) is 7.18. The molecular weight excluding hydrogens is 286 g/mol. The zero-order chi connectivity index (χ0) is 16.0. The third-order valence-electron chi connectivity index (χ3n) is 5.31. The fraction of sp³-hybridized carbons (Fsp3) is 0.450. The minimum atomic E-state index is -0.346. The summed E-state index contributed by atoms with van der Waals surface area (Å²) in [5.74, 6) is 1.03. The van der Waals surface area contributed by atoms with Gasteiger partial charge in [0, 0.05) is 19.5 Å². The predicted octanol–water partition coefficient (Wildman–Crippen LogP) is 3.17. The van der Waals surface area contributed by atoms with Crippen LogP contribution in [-0.4, -0.2) is 35.6 Å². The lowest BCUT2D eigenvalue weighted by molar-refractivity contribution is -0.132. The van der Waals surface area contributed by atoms with Gasteiger partial charge in [-0.15, -0.1) is 0 Å². The normalized spacial score (nSPS) is 24.4. The fourth-order valence-corrected chi connectivity index (χ4v) is 3.56. The van der Waals surface area contributed by atoms with Crippen molar-refractivity contribution in [3.8, 4) is 0 Å². The molecule has 2 aliphatic rings. The number of hydrogen-bond donors (Lipinski definition) is 1. The second kappa shape index (κ2) is 5.64. The Bertz CT molecular complexity index is 737. The van der Waals surface area contributed by atoms with Crippen LogP contribution in [-0.2, 0) is 4.79 Å². The Morgan fingerprint density at radius 1 is 1.22 bits per heavy atom. The number of nitrogens with zero attached hydrogens (tertiary/aromatic N) is 1. The summed E-state index contributed by atoms with van der Waals surface area (Å²) >= 11 is 0. The minimum absolute atomic E-state index is 0.0903. The molecule has 3 atom stereocenters. The van der Waals surface area contributed by atoms with Crippen LogP contribution in [0.5, 0.6) is 0 Å². The zero-order valence-electron chi connectivity index (χ0n) is 13.5. The largest absolute Gasteiger partial charge is 0.391 e. The van der Waals surface area contributed by atoms with Crippen LogP contribution in [0.25, 0.3) is 10.8 Å². The standard InChI is InChI=1S/C20H23NO2/c1-21(12-19(22)14-7-8-14)20(23)18-11-17(18)16-9-6-13-4-2-3-5-15(13)10-16/h2-6,9-10,14,17-19,22H,7-8,11-12H2,1H3. The van der Waals surface area contributed by atoms with Gasteiger partial charge in [-0.05, 0) is 47.4 Å². The van der Waals surface area contributed by atoms with Gasteiger partial charge in [0.05, 0.1) is 6.10 Å². The first kappa shape index (κ1) is 14.7. The molecule has 2 aromatic rings. The van der Waals surface area contributed by atoms with Crippen molar-refractivity contribution >= 4 is 16.7 Å². The fourth-order valence-electron chi connectivity index (χ4n) is 3.56. The molecule has 0 bridgehead atoms. The zero-order valence-corrected chi connectivity index (χ0v) is 13.5. The van der Waals surface area contributed by atoms with Crippen molar-refractivity contribution in [3.63, 3.8) is 0 Å². The molecule has 0 radical (unpaired) electrons. The van der Waals surface area contributed by atoms with Crippen molar-refractivity contribution < 1.29 is 9.90 Å². The van der Waals surface area contributed by atoms with E-state index in [0.29, 0.717) is 18.4 Å². The topological polar surface area (TPSA) is 40.5 Å². The van der Waals surface area contributed by atoms with Crippen LogP contribution in [0.15, 0.2) is 42.5 Å². The van der Waals surface area contributed by atoms with Crippen molar-refractivity contribution in [2.24, 2.45) is 11.8 Å². The van der Waals surface area contributed by atoms with E-state index in [1.54, 1.807) is 4.90 Å². The van der Waals surface area contributed by atoms with Crippen molar-refractivity contribution in [3.05, 3.63) is 48.0 Å². The van der Waals surface area contributed by atoms with E-state index in [2.05, 4.69) is 36.4 Å². The smallest absolute Gasteiger partial charge is 0.226 e. The number of hydrogen-bond acceptors (Lipinski definition) is 2. The van der Waals surface area contributed by atoms with Gasteiger partial charge < -0.3 is 10.0 Å². The van der Waals surface area contributed by atoms with E-state index in [4.69, 9.17) is 0 Å². The van der Waals surface area contributed by atoms with E-state index in [1.165, 1.54) is 16.3 Å². The summed E-state index contributed by atoms with van der Waals surface area (Å²) in [6.45, 7) is 0.477. The van der Waals surface area contributed by atoms with Gasteiger partial charge in [0.25, 0.3) is 0 Å². The van der Waals surface area contributed by atoms with Gasteiger partial charge in [0.15, 0.2) is 0 Å². The maximum Gasteiger partial charge on any atom is 0.226 e. The van der Waals surface area contributed by atoms with E-state index in [-0.39, 0.29) is 17.9 Å². The molecule has 120 valence electrons. The molecule has 2 aromatic carbocycles. The number of carbonyl (C=O) groups is 1. The van der Waals surface area contributed by atoms with Crippen LogP contribution in [0.1, 0.15) is 30.7 Å². The average molecular weight is 309 g/mol. The molecule has 1 N–H and O–H groups in total. The summed E-state index contributed by atoms with van der Waals surface area (Å²) < 4.78 is 0. The van der Waals surface area contributed by atoms with Crippen LogP contribution in [0, 0.1) is 11.8 Å². The third-order valence-corrected chi connectivity index (χ3v) is 5.31. The molecule has 0 aliphatic heterocycles. The van der Waals surface area contributed by atoms with Crippen LogP contribution in [0.2, 0.25) is 0 Å². The highest BCUT2D eigenvalue weighted by Gasteiger charge is 2.45. The number of aliphatic hydroxyl groups excluding tert-OH is 1. The van der Waals surface area contributed by atoms with E-state index < -0.39 is 0 Å². The van der Waals surface area contributed by atoms with Gasteiger partial charge in [0.1, 0.15) is 0 Å². The molecule has 0 saturated heterocycles. The molecule has 1 amide bonds. The monoisotopic (exact) mass is 309 g/mol. The first-order chi connectivity index (χ1) is 11.1. The number of likely N-dealkylation sites (N-methyl/N-ethyl adjacent to an activating group) is 1. The van der Waals surface area contributed by atoms with Crippen molar-refractivity contribution in [1.82, 2.24) is 4.90 Å². The van der Waals surface area contributed by atoms with Gasteiger partial charge in [0.2, 0.25) is 5.91 Å².